The Labute approximate surface area is 154 Å². The summed E-state index contributed by atoms with van der Waals surface area (Å²) in [5.41, 5.74) is 6.59. The van der Waals surface area contributed by atoms with Gasteiger partial charge in [0.1, 0.15) is 17.1 Å². The molecule has 3 heterocycles. The van der Waals surface area contributed by atoms with E-state index >= 15 is 0 Å². The van der Waals surface area contributed by atoms with Gasteiger partial charge in [0.2, 0.25) is 0 Å². The number of halogens is 3. The van der Waals surface area contributed by atoms with E-state index in [0.717, 1.165) is 24.7 Å². The normalized spacial score (nSPS) is 15.9. The molecule has 4 N–H and O–H groups in total. The zero-order valence-electron chi connectivity index (χ0n) is 15.0. The van der Waals surface area contributed by atoms with Gasteiger partial charge in [-0.05, 0) is 26.2 Å². The fourth-order valence-corrected chi connectivity index (χ4v) is 2.99. The molecule has 11 heteroatoms. The number of rotatable bonds is 7. The van der Waals surface area contributed by atoms with E-state index in [-0.39, 0.29) is 25.0 Å². The summed E-state index contributed by atoms with van der Waals surface area (Å²) < 4.78 is 51.2. The molecule has 0 saturated carbocycles. The van der Waals surface area contributed by atoms with Crippen molar-refractivity contribution in [3.8, 4) is 5.88 Å². The Morgan fingerprint density at radius 1 is 1.41 bits per heavy atom. The van der Waals surface area contributed by atoms with Gasteiger partial charge < -0.3 is 20.5 Å². The lowest BCUT2D eigenvalue weighted by Crippen LogP contribution is -2.21. The monoisotopic (exact) mass is 388 g/mol. The van der Waals surface area contributed by atoms with E-state index in [1.807, 2.05) is 11.6 Å². The van der Waals surface area contributed by atoms with Crippen molar-refractivity contribution in [3.05, 3.63) is 17.5 Å². The van der Waals surface area contributed by atoms with Crippen molar-refractivity contribution in [1.82, 2.24) is 20.0 Å². The highest BCUT2D eigenvalue weighted by Gasteiger charge is 2.35. The number of alkyl halides is 3. The van der Waals surface area contributed by atoms with Crippen molar-refractivity contribution in [1.29, 1.82) is 0 Å². The van der Waals surface area contributed by atoms with Crippen LogP contribution in [0.3, 0.4) is 0 Å². The number of H-pyrrole nitrogens is 1. The molecule has 1 aliphatic rings. The first kappa shape index (κ1) is 19.3. The van der Waals surface area contributed by atoms with Gasteiger partial charge in [0.05, 0.1) is 24.5 Å². The molecule has 0 bridgehead atoms. The second-order valence-electron chi connectivity index (χ2n) is 6.38. The highest BCUT2D eigenvalue weighted by molar-refractivity contribution is 5.52. The van der Waals surface area contributed by atoms with E-state index in [1.165, 1.54) is 0 Å². The zero-order chi connectivity index (χ0) is 19.4. The third kappa shape index (κ3) is 4.46. The summed E-state index contributed by atoms with van der Waals surface area (Å²) in [5.74, 6) is 0.207. The first-order chi connectivity index (χ1) is 12.9. The first-order valence-corrected chi connectivity index (χ1v) is 8.77. The van der Waals surface area contributed by atoms with E-state index < -0.39 is 11.7 Å². The Morgan fingerprint density at radius 2 is 2.15 bits per heavy atom. The van der Waals surface area contributed by atoms with Gasteiger partial charge in [-0.1, -0.05) is 0 Å². The Bertz CT molecular complexity index is 752. The van der Waals surface area contributed by atoms with Crippen LogP contribution < -0.4 is 15.8 Å². The van der Waals surface area contributed by atoms with E-state index in [2.05, 4.69) is 20.6 Å². The Kier molecular flexibility index (Phi) is 5.78. The Hall–Kier alpha value is -2.43. The average molecular weight is 388 g/mol. The Morgan fingerprint density at radius 3 is 2.85 bits per heavy atom. The number of nitrogens with two attached hydrogens (primary N) is 1. The van der Waals surface area contributed by atoms with Crippen molar-refractivity contribution < 1.29 is 22.6 Å². The molecule has 1 aliphatic heterocycles. The van der Waals surface area contributed by atoms with E-state index in [4.69, 9.17) is 15.2 Å². The minimum absolute atomic E-state index is 0.151. The second kappa shape index (κ2) is 8.07. The summed E-state index contributed by atoms with van der Waals surface area (Å²) in [7, 11) is 0. The molecule has 0 unspecified atom stereocenters. The molecule has 150 valence electrons. The van der Waals surface area contributed by atoms with Crippen LogP contribution in [0.2, 0.25) is 0 Å². The summed E-state index contributed by atoms with van der Waals surface area (Å²) in [6, 6.07) is 0.237. The summed E-state index contributed by atoms with van der Waals surface area (Å²) in [6.45, 7) is 3.84. The number of nitrogen functional groups attached to an aromatic ring is 1. The maximum absolute atomic E-state index is 12.8. The molecule has 2 aromatic rings. The minimum atomic E-state index is -4.45. The predicted molar refractivity (Wildman–Crippen MR) is 92.7 cm³/mol. The van der Waals surface area contributed by atoms with Gasteiger partial charge in [-0.2, -0.15) is 18.3 Å². The van der Waals surface area contributed by atoms with Crippen molar-refractivity contribution in [3.63, 3.8) is 0 Å². The van der Waals surface area contributed by atoms with Crippen LogP contribution >= 0.6 is 0 Å². The van der Waals surface area contributed by atoms with Crippen molar-refractivity contribution in [2.45, 2.75) is 38.4 Å². The third-order valence-corrected chi connectivity index (χ3v) is 4.51. The maximum Gasteiger partial charge on any atom is 0.421 e. The molecule has 0 amide bonds. The second-order valence-corrected chi connectivity index (χ2v) is 6.38. The van der Waals surface area contributed by atoms with Crippen molar-refractivity contribution >= 4 is 11.5 Å². The van der Waals surface area contributed by atoms with Gasteiger partial charge >= 0.3 is 6.18 Å². The summed E-state index contributed by atoms with van der Waals surface area (Å²) >= 11 is 0. The number of aromatic amines is 1. The molecular weight excluding hydrogens is 365 g/mol. The zero-order valence-corrected chi connectivity index (χ0v) is 15.0. The highest BCUT2D eigenvalue weighted by atomic mass is 19.4. The molecule has 0 spiro atoms. The molecule has 1 fully saturated rings. The van der Waals surface area contributed by atoms with E-state index in [9.17, 15) is 13.2 Å². The molecule has 3 rings (SSSR count). The van der Waals surface area contributed by atoms with Gasteiger partial charge in [0.15, 0.2) is 0 Å². The number of hydrogen-bond donors (Lipinski definition) is 3. The maximum atomic E-state index is 12.8. The number of hydrogen-bond acceptors (Lipinski definition) is 6. The summed E-state index contributed by atoms with van der Waals surface area (Å²) in [5, 5.41) is 12.9. The quantitative estimate of drug-likeness (QED) is 0.631. The molecule has 27 heavy (non-hydrogen) atoms. The van der Waals surface area contributed by atoms with Gasteiger partial charge in [-0.3, -0.25) is 9.78 Å². The van der Waals surface area contributed by atoms with Crippen LogP contribution in [0.5, 0.6) is 5.88 Å². The van der Waals surface area contributed by atoms with Gasteiger partial charge in [0, 0.05) is 19.8 Å². The Balaban J connectivity index is 1.49. The number of nitrogens with zero attached hydrogens (tertiary/aromatic N) is 3. The molecule has 0 aliphatic carbocycles. The van der Waals surface area contributed by atoms with Crippen molar-refractivity contribution in [2.24, 2.45) is 0 Å². The summed E-state index contributed by atoms with van der Waals surface area (Å²) in [6.07, 6.45) is -1.48. The standard InChI is InChI=1S/C16H23F3N6O2/c1-10-13(20)15(24-25(10)11-3-7-26-8-4-11)27-6-2-5-21-14-12(9-22-23-14)16(17,18)19/h9,11H,2-8,20H2,1H3,(H2,21,22,23). The fourth-order valence-electron chi connectivity index (χ4n) is 2.99. The van der Waals surface area contributed by atoms with E-state index in [1.54, 1.807) is 0 Å². The van der Waals surface area contributed by atoms with Crippen LogP contribution in [0, 0.1) is 6.92 Å². The van der Waals surface area contributed by atoms with Crippen LogP contribution in [0.15, 0.2) is 6.20 Å². The fraction of sp³-hybridized carbons (Fsp3) is 0.625. The van der Waals surface area contributed by atoms with Crippen molar-refractivity contribution in [2.75, 3.05) is 37.4 Å². The van der Waals surface area contributed by atoms with Gasteiger partial charge in [0.25, 0.3) is 5.88 Å². The van der Waals surface area contributed by atoms with E-state index in [0.29, 0.717) is 31.2 Å². The first-order valence-electron chi connectivity index (χ1n) is 8.77. The minimum Gasteiger partial charge on any atom is -0.475 e. The number of nitrogens with one attached hydrogen (secondary N) is 2. The average Bonchev–Trinajstić information content (AvgIpc) is 3.22. The lowest BCUT2D eigenvalue weighted by atomic mass is 10.1. The highest BCUT2D eigenvalue weighted by Crippen LogP contribution is 2.33. The van der Waals surface area contributed by atoms with Crippen LogP contribution in [0.1, 0.15) is 36.6 Å². The lowest BCUT2D eigenvalue weighted by Gasteiger charge is -2.23. The lowest BCUT2D eigenvalue weighted by molar-refractivity contribution is -0.136. The number of ether oxygens (including phenoxy) is 2. The van der Waals surface area contributed by atoms with Crippen LogP contribution in [0.4, 0.5) is 24.7 Å². The molecule has 0 aromatic carbocycles. The molecular formula is C16H23F3N6O2. The smallest absolute Gasteiger partial charge is 0.421 e. The third-order valence-electron chi connectivity index (χ3n) is 4.51. The molecule has 0 atom stereocenters. The van der Waals surface area contributed by atoms with Gasteiger partial charge in [-0.25, -0.2) is 0 Å². The van der Waals surface area contributed by atoms with Gasteiger partial charge in [-0.15, -0.1) is 5.10 Å². The SMILES string of the molecule is Cc1c(N)c(OCCCNc2[nH]ncc2C(F)(F)F)nn1C1CCOCC1. The van der Waals surface area contributed by atoms with Crippen LogP contribution in [-0.2, 0) is 10.9 Å². The number of anilines is 2. The number of aromatic nitrogens is 4. The topological polar surface area (TPSA) is 103 Å². The molecule has 1 saturated heterocycles. The molecule has 0 radical (unpaired) electrons. The predicted octanol–water partition coefficient (Wildman–Crippen LogP) is 2.75. The van der Waals surface area contributed by atoms with Crippen LogP contribution in [-0.4, -0.2) is 46.3 Å². The molecule has 8 nitrogen and oxygen atoms in total. The summed E-state index contributed by atoms with van der Waals surface area (Å²) in [4.78, 5) is 0. The molecule has 2 aromatic heterocycles. The largest absolute Gasteiger partial charge is 0.475 e. The van der Waals surface area contributed by atoms with Crippen LogP contribution in [0.25, 0.3) is 0 Å².